The normalized spacial score (nSPS) is 11.6. The Balaban J connectivity index is 1.46. The number of fused-ring (bicyclic) bond motifs is 5. The van der Waals surface area contributed by atoms with Gasteiger partial charge in [-0.05, 0) is 64.7 Å². The maximum absolute atomic E-state index is 14.0. The van der Waals surface area contributed by atoms with Crippen molar-refractivity contribution < 1.29 is 14.3 Å². The van der Waals surface area contributed by atoms with Crippen LogP contribution in [0.15, 0.2) is 107 Å². The third-order valence-electron chi connectivity index (χ3n) is 7.66. The average molecular weight is 586 g/mol. The third-order valence-corrected chi connectivity index (χ3v) is 10.1. The van der Waals surface area contributed by atoms with Crippen LogP contribution < -0.4 is 0 Å². The Hall–Kier alpha value is -4.39. The summed E-state index contributed by atoms with van der Waals surface area (Å²) in [4.78, 5) is 28.1. The molecule has 0 atom stereocenters. The van der Waals surface area contributed by atoms with E-state index in [-0.39, 0.29) is 12.4 Å². The summed E-state index contributed by atoms with van der Waals surface area (Å²) < 4.78 is 8.60. The van der Waals surface area contributed by atoms with Crippen LogP contribution in [0.5, 0.6) is 0 Å². The molecule has 0 radical (unpaired) electrons. The number of thioether (sulfide) groups is 1. The first-order valence-corrected chi connectivity index (χ1v) is 15.7. The summed E-state index contributed by atoms with van der Waals surface area (Å²) in [5.41, 5.74) is 4.97. The van der Waals surface area contributed by atoms with E-state index in [1.165, 1.54) is 38.4 Å². The first-order chi connectivity index (χ1) is 20.5. The number of carbonyl (C=O) groups excluding carboxylic acids is 2. The monoisotopic (exact) mass is 585 g/mol. The molecule has 0 spiro atoms. The predicted octanol–water partition coefficient (Wildman–Crippen LogP) is 9.47. The molecule has 3 aromatic heterocycles. The average Bonchev–Trinajstić information content (AvgIpc) is 3.54. The van der Waals surface area contributed by atoms with Crippen molar-refractivity contribution in [3.63, 3.8) is 0 Å². The first-order valence-electron chi connectivity index (χ1n) is 13.9. The lowest BCUT2D eigenvalue weighted by Crippen LogP contribution is -2.06. The molecule has 4 aromatic carbocycles. The maximum Gasteiger partial charge on any atom is 0.341 e. The largest absolute Gasteiger partial charge is 0.462 e. The summed E-state index contributed by atoms with van der Waals surface area (Å²) in [6.45, 7) is 4.07. The number of pyridine rings is 1. The van der Waals surface area contributed by atoms with Gasteiger partial charge < -0.3 is 9.14 Å². The Morgan fingerprint density at radius 1 is 0.857 bits per heavy atom. The third kappa shape index (κ3) is 4.39. The van der Waals surface area contributed by atoms with Gasteiger partial charge in [-0.15, -0.1) is 23.1 Å². The van der Waals surface area contributed by atoms with Crippen LogP contribution in [0.1, 0.15) is 43.6 Å². The number of ketones is 1. The Bertz CT molecular complexity index is 2100. The smallest absolute Gasteiger partial charge is 0.341 e. The van der Waals surface area contributed by atoms with Crippen LogP contribution in [0.3, 0.4) is 0 Å². The number of nitrogens with zero attached hydrogens (tertiary/aromatic N) is 1. The van der Waals surface area contributed by atoms with E-state index in [9.17, 15) is 9.59 Å². The molecule has 0 aliphatic carbocycles. The molecule has 0 bridgehead atoms. The van der Waals surface area contributed by atoms with Crippen LogP contribution >= 0.6 is 23.1 Å². The molecule has 0 N–H and O–H groups in total. The molecule has 0 saturated carbocycles. The molecule has 6 heteroatoms. The highest BCUT2D eigenvalue weighted by Gasteiger charge is 2.30. The fourth-order valence-corrected chi connectivity index (χ4v) is 8.34. The number of esters is 1. The fraction of sp³-hybridized carbons (Fsp3) is 0.111. The molecule has 3 heterocycles. The van der Waals surface area contributed by atoms with E-state index in [0.29, 0.717) is 27.1 Å². The molecular weight excluding hydrogens is 559 g/mol. The van der Waals surface area contributed by atoms with Crippen molar-refractivity contribution in [3.05, 3.63) is 130 Å². The van der Waals surface area contributed by atoms with Crippen LogP contribution in [-0.2, 0) is 10.5 Å². The Morgan fingerprint density at radius 3 is 2.21 bits per heavy atom. The van der Waals surface area contributed by atoms with E-state index in [2.05, 4.69) is 59.0 Å². The Labute approximate surface area is 251 Å². The summed E-state index contributed by atoms with van der Waals surface area (Å²) in [6, 6.07) is 32.5. The summed E-state index contributed by atoms with van der Waals surface area (Å²) >= 11 is 3.18. The van der Waals surface area contributed by atoms with Crippen LogP contribution in [0.2, 0.25) is 0 Å². The minimum atomic E-state index is -0.410. The van der Waals surface area contributed by atoms with Crippen molar-refractivity contribution in [1.82, 2.24) is 4.40 Å². The van der Waals surface area contributed by atoms with Crippen LogP contribution in [0.4, 0.5) is 0 Å². The Morgan fingerprint density at radius 2 is 1.52 bits per heavy atom. The molecule has 0 saturated heterocycles. The van der Waals surface area contributed by atoms with E-state index in [4.69, 9.17) is 4.74 Å². The van der Waals surface area contributed by atoms with Crippen molar-refractivity contribution in [2.45, 2.75) is 23.8 Å². The molecule has 0 unspecified atom stereocenters. The van der Waals surface area contributed by atoms with E-state index in [1.54, 1.807) is 18.7 Å². The number of rotatable bonds is 7. The van der Waals surface area contributed by atoms with E-state index >= 15 is 0 Å². The molecule has 4 nitrogen and oxygen atoms in total. The lowest BCUT2D eigenvalue weighted by molar-refractivity contribution is 0.0531. The number of hydrogen-bond acceptors (Lipinski definition) is 5. The number of ether oxygens (including phenoxy) is 1. The zero-order valence-electron chi connectivity index (χ0n) is 23.2. The second-order valence-corrected chi connectivity index (χ2v) is 12.5. The molecular formula is C36H27NO3S2. The summed E-state index contributed by atoms with van der Waals surface area (Å²) in [6.07, 6.45) is 2.00. The zero-order valence-corrected chi connectivity index (χ0v) is 24.9. The van der Waals surface area contributed by atoms with Crippen molar-refractivity contribution in [1.29, 1.82) is 0 Å². The van der Waals surface area contributed by atoms with E-state index in [1.807, 2.05) is 55.6 Å². The number of aryl methyl sites for hydroxylation is 1. The number of thiophene rings is 1. The molecule has 7 aromatic rings. The SMILES string of the molecule is CCOC(=O)c1c2c(C(=O)c3ccccc3)sc(SCc3c4ccccc4cc4ccccc34)c2n2ccc(C)cc12. The molecule has 0 fully saturated rings. The van der Waals surface area contributed by atoms with Gasteiger partial charge in [-0.25, -0.2) is 4.79 Å². The van der Waals surface area contributed by atoms with Crippen LogP contribution in [0, 0.1) is 6.92 Å². The highest BCUT2D eigenvalue weighted by atomic mass is 32.2. The highest BCUT2D eigenvalue weighted by molar-refractivity contribution is 8.00. The van der Waals surface area contributed by atoms with Gasteiger partial charge in [-0.3, -0.25) is 4.79 Å². The van der Waals surface area contributed by atoms with E-state index in [0.717, 1.165) is 20.8 Å². The van der Waals surface area contributed by atoms with Crippen molar-refractivity contribution in [2.24, 2.45) is 0 Å². The van der Waals surface area contributed by atoms with Gasteiger partial charge in [0.25, 0.3) is 0 Å². The lowest BCUT2D eigenvalue weighted by atomic mass is 9.98. The molecule has 0 amide bonds. The number of carbonyl (C=O) groups is 2. The van der Waals surface area contributed by atoms with Gasteiger partial charge in [0.05, 0.1) is 32.3 Å². The van der Waals surface area contributed by atoms with Crippen molar-refractivity contribution in [2.75, 3.05) is 6.61 Å². The highest BCUT2D eigenvalue weighted by Crippen LogP contribution is 2.46. The second kappa shape index (κ2) is 10.8. The number of hydrogen-bond donors (Lipinski definition) is 0. The minimum Gasteiger partial charge on any atom is -0.462 e. The molecule has 0 aliphatic rings. The standard InChI is InChI=1S/C36H27NO3S2/c1-3-40-35(39)30-29-19-22(2)17-18-37(29)32-31(30)34(33(38)23-11-5-4-6-12-23)42-36(32)41-21-28-26-15-9-7-13-24(26)20-25-14-8-10-16-27(25)28/h4-20H,3,21H2,1-2H3. The summed E-state index contributed by atoms with van der Waals surface area (Å²) in [5, 5.41) is 5.52. The van der Waals surface area contributed by atoms with Gasteiger partial charge in [-0.2, -0.15) is 0 Å². The van der Waals surface area contributed by atoms with Gasteiger partial charge in [-0.1, -0.05) is 78.9 Å². The molecule has 0 aliphatic heterocycles. The molecule has 42 heavy (non-hydrogen) atoms. The zero-order chi connectivity index (χ0) is 28.8. The van der Waals surface area contributed by atoms with Gasteiger partial charge in [0, 0.05) is 22.9 Å². The van der Waals surface area contributed by atoms with Crippen LogP contribution in [-0.4, -0.2) is 22.8 Å². The number of benzene rings is 4. The van der Waals surface area contributed by atoms with E-state index < -0.39 is 5.97 Å². The quantitative estimate of drug-likeness (QED) is 0.0809. The summed E-state index contributed by atoms with van der Waals surface area (Å²) in [5.74, 6) is 0.211. The minimum absolute atomic E-state index is 0.0914. The predicted molar refractivity (Wildman–Crippen MR) is 174 cm³/mol. The van der Waals surface area contributed by atoms with Crippen LogP contribution in [0.25, 0.3) is 38.0 Å². The molecule has 7 rings (SSSR count). The topological polar surface area (TPSA) is 47.8 Å². The van der Waals surface area contributed by atoms with Gasteiger partial charge in [0.1, 0.15) is 0 Å². The van der Waals surface area contributed by atoms with Gasteiger partial charge in [0.15, 0.2) is 0 Å². The van der Waals surface area contributed by atoms with Gasteiger partial charge in [0.2, 0.25) is 5.78 Å². The van der Waals surface area contributed by atoms with Gasteiger partial charge >= 0.3 is 5.97 Å². The maximum atomic E-state index is 14.0. The first kappa shape index (κ1) is 26.5. The van der Waals surface area contributed by atoms with Crippen molar-refractivity contribution >= 4 is 72.8 Å². The summed E-state index contributed by atoms with van der Waals surface area (Å²) in [7, 11) is 0. The second-order valence-electron chi connectivity index (χ2n) is 10.3. The molecule has 206 valence electrons. The Kier molecular flexibility index (Phi) is 6.81. The number of aromatic nitrogens is 1. The van der Waals surface area contributed by atoms with Crippen molar-refractivity contribution in [3.8, 4) is 0 Å². The fourth-order valence-electron chi connectivity index (χ4n) is 5.76. The lowest BCUT2D eigenvalue weighted by Gasteiger charge is -2.11.